The third kappa shape index (κ3) is 5.32. The van der Waals surface area contributed by atoms with Crippen LogP contribution in [0.15, 0.2) is 53.4 Å². The van der Waals surface area contributed by atoms with Crippen molar-refractivity contribution in [3.63, 3.8) is 0 Å². The zero-order chi connectivity index (χ0) is 22.6. The molecule has 2 fully saturated rings. The second-order valence-electron chi connectivity index (χ2n) is 8.11. The Morgan fingerprint density at radius 3 is 2.41 bits per heavy atom. The van der Waals surface area contributed by atoms with E-state index in [1.165, 1.54) is 16.4 Å². The third-order valence-electron chi connectivity index (χ3n) is 5.93. The zero-order valence-electron chi connectivity index (χ0n) is 17.9. The standard InChI is InChI=1S/C23H28ClN3O4S/c24-20-9-8-19(16-22(20)32(29,30)27-10-4-5-11-27)23(28)25-21(18-6-2-1-3-7-18)17-26-12-14-31-15-13-26/h1-3,6-9,16,21H,4-5,10-15,17H2,(H,25,28). The van der Waals surface area contributed by atoms with E-state index in [9.17, 15) is 13.2 Å². The average molecular weight is 478 g/mol. The van der Waals surface area contributed by atoms with Crippen molar-refractivity contribution in [2.45, 2.75) is 23.8 Å². The lowest BCUT2D eigenvalue weighted by Gasteiger charge is -2.31. The van der Waals surface area contributed by atoms with Crippen LogP contribution in [0.4, 0.5) is 0 Å². The van der Waals surface area contributed by atoms with E-state index >= 15 is 0 Å². The summed E-state index contributed by atoms with van der Waals surface area (Å²) in [6, 6.07) is 14.0. The van der Waals surface area contributed by atoms with Crippen LogP contribution in [0.2, 0.25) is 5.02 Å². The lowest BCUT2D eigenvalue weighted by atomic mass is 10.1. The first-order chi connectivity index (χ1) is 15.4. The quantitative estimate of drug-likeness (QED) is 0.663. The molecule has 0 spiro atoms. The number of carbonyl (C=O) groups excluding carboxylic acids is 1. The Labute approximate surface area is 194 Å². The predicted octanol–water partition coefficient (Wildman–Crippen LogP) is 2.93. The molecular formula is C23H28ClN3O4S. The van der Waals surface area contributed by atoms with E-state index in [1.807, 2.05) is 30.3 Å². The summed E-state index contributed by atoms with van der Waals surface area (Å²) in [6.45, 7) is 4.55. The molecule has 0 radical (unpaired) electrons. The zero-order valence-corrected chi connectivity index (χ0v) is 19.4. The SMILES string of the molecule is O=C(NC(CN1CCOCC1)c1ccccc1)c1ccc(Cl)c(S(=O)(=O)N2CCCC2)c1. The number of benzene rings is 2. The molecule has 0 aliphatic carbocycles. The van der Waals surface area contributed by atoms with Crippen molar-refractivity contribution in [3.8, 4) is 0 Å². The smallest absolute Gasteiger partial charge is 0.251 e. The van der Waals surface area contributed by atoms with Crippen molar-refractivity contribution in [2.75, 3.05) is 45.9 Å². The minimum absolute atomic E-state index is 0.0156. The number of nitrogens with one attached hydrogen (secondary N) is 1. The number of hydrogen-bond donors (Lipinski definition) is 1. The van der Waals surface area contributed by atoms with Gasteiger partial charge in [-0.05, 0) is 36.6 Å². The van der Waals surface area contributed by atoms with Gasteiger partial charge >= 0.3 is 0 Å². The minimum atomic E-state index is -3.73. The van der Waals surface area contributed by atoms with Gasteiger partial charge in [-0.1, -0.05) is 41.9 Å². The van der Waals surface area contributed by atoms with Gasteiger partial charge in [0.1, 0.15) is 4.90 Å². The monoisotopic (exact) mass is 477 g/mol. The lowest BCUT2D eigenvalue weighted by Crippen LogP contribution is -2.43. The number of nitrogens with zero attached hydrogens (tertiary/aromatic N) is 2. The van der Waals surface area contributed by atoms with E-state index in [-0.39, 0.29) is 27.4 Å². The van der Waals surface area contributed by atoms with Crippen molar-refractivity contribution in [1.82, 2.24) is 14.5 Å². The molecular weight excluding hydrogens is 450 g/mol. The van der Waals surface area contributed by atoms with Gasteiger partial charge in [-0.25, -0.2) is 8.42 Å². The van der Waals surface area contributed by atoms with Crippen molar-refractivity contribution >= 4 is 27.5 Å². The van der Waals surface area contributed by atoms with E-state index in [0.717, 1.165) is 31.5 Å². The molecule has 1 N–H and O–H groups in total. The van der Waals surface area contributed by atoms with Crippen LogP contribution in [0.1, 0.15) is 34.8 Å². The van der Waals surface area contributed by atoms with Gasteiger partial charge < -0.3 is 10.1 Å². The fourth-order valence-electron chi connectivity index (χ4n) is 4.11. The maximum atomic E-state index is 13.2. The summed E-state index contributed by atoms with van der Waals surface area (Å²) in [6.07, 6.45) is 1.66. The topological polar surface area (TPSA) is 79.0 Å². The highest BCUT2D eigenvalue weighted by atomic mass is 35.5. The van der Waals surface area contributed by atoms with Gasteiger partial charge in [0.2, 0.25) is 10.0 Å². The maximum absolute atomic E-state index is 13.2. The van der Waals surface area contributed by atoms with E-state index in [0.29, 0.717) is 32.8 Å². The Morgan fingerprint density at radius 2 is 1.72 bits per heavy atom. The van der Waals surface area contributed by atoms with Crippen LogP contribution in [0, 0.1) is 0 Å². The molecule has 2 heterocycles. The molecule has 2 aliphatic rings. The average Bonchev–Trinajstić information content (AvgIpc) is 3.36. The molecule has 2 saturated heterocycles. The summed E-state index contributed by atoms with van der Waals surface area (Å²) >= 11 is 6.24. The van der Waals surface area contributed by atoms with Crippen LogP contribution in [0.5, 0.6) is 0 Å². The van der Waals surface area contributed by atoms with Gasteiger partial charge in [0.25, 0.3) is 5.91 Å². The molecule has 2 aliphatic heterocycles. The molecule has 0 saturated carbocycles. The van der Waals surface area contributed by atoms with E-state index in [4.69, 9.17) is 16.3 Å². The summed E-state index contributed by atoms with van der Waals surface area (Å²) in [4.78, 5) is 15.4. The largest absolute Gasteiger partial charge is 0.379 e. The van der Waals surface area contributed by atoms with Crippen LogP contribution in [0.25, 0.3) is 0 Å². The Balaban J connectivity index is 1.56. The van der Waals surface area contributed by atoms with Crippen molar-refractivity contribution in [2.24, 2.45) is 0 Å². The van der Waals surface area contributed by atoms with Crippen molar-refractivity contribution in [1.29, 1.82) is 0 Å². The number of hydrogen-bond acceptors (Lipinski definition) is 5. The van der Waals surface area contributed by atoms with Gasteiger partial charge in [-0.15, -0.1) is 0 Å². The van der Waals surface area contributed by atoms with Crippen molar-refractivity contribution < 1.29 is 17.9 Å². The lowest BCUT2D eigenvalue weighted by molar-refractivity contribution is 0.0332. The van der Waals surface area contributed by atoms with Crippen LogP contribution in [0.3, 0.4) is 0 Å². The van der Waals surface area contributed by atoms with Crippen LogP contribution < -0.4 is 5.32 Å². The molecule has 32 heavy (non-hydrogen) atoms. The number of amides is 1. The number of rotatable bonds is 7. The third-order valence-corrected chi connectivity index (χ3v) is 8.31. The molecule has 172 valence electrons. The summed E-state index contributed by atoms with van der Waals surface area (Å²) in [5.74, 6) is -0.332. The number of sulfonamides is 1. The summed E-state index contributed by atoms with van der Waals surface area (Å²) in [5, 5.41) is 3.22. The molecule has 0 bridgehead atoms. The predicted molar refractivity (Wildman–Crippen MR) is 123 cm³/mol. The number of halogens is 1. The van der Waals surface area contributed by atoms with Crippen LogP contribution >= 0.6 is 11.6 Å². The van der Waals surface area contributed by atoms with E-state index in [2.05, 4.69) is 10.2 Å². The second-order valence-corrected chi connectivity index (χ2v) is 10.4. The normalized spacial score (nSPS) is 19.0. The minimum Gasteiger partial charge on any atom is -0.379 e. The first-order valence-electron chi connectivity index (χ1n) is 10.9. The van der Waals surface area contributed by atoms with E-state index in [1.54, 1.807) is 6.07 Å². The first-order valence-corrected chi connectivity index (χ1v) is 12.7. The molecule has 0 aromatic heterocycles. The summed E-state index contributed by atoms with van der Waals surface area (Å²) in [5.41, 5.74) is 1.27. The molecule has 2 aromatic rings. The Hall–Kier alpha value is -1.97. The fourth-order valence-corrected chi connectivity index (χ4v) is 6.13. The van der Waals surface area contributed by atoms with Crippen LogP contribution in [-0.2, 0) is 14.8 Å². The van der Waals surface area contributed by atoms with Crippen molar-refractivity contribution in [3.05, 3.63) is 64.7 Å². The molecule has 1 atom stereocenters. The van der Waals surface area contributed by atoms with Gasteiger partial charge in [0.15, 0.2) is 0 Å². The van der Waals surface area contributed by atoms with Gasteiger partial charge in [-0.2, -0.15) is 4.31 Å². The Morgan fingerprint density at radius 1 is 1.03 bits per heavy atom. The molecule has 1 unspecified atom stereocenters. The van der Waals surface area contributed by atoms with Gasteiger partial charge in [0, 0.05) is 38.3 Å². The van der Waals surface area contributed by atoms with E-state index < -0.39 is 10.0 Å². The number of carbonyl (C=O) groups is 1. The molecule has 2 aromatic carbocycles. The summed E-state index contributed by atoms with van der Waals surface area (Å²) < 4.78 is 32.9. The molecule has 1 amide bonds. The molecule has 7 nitrogen and oxygen atoms in total. The maximum Gasteiger partial charge on any atom is 0.251 e. The Bertz CT molecular complexity index is 1040. The summed E-state index contributed by atoms with van der Waals surface area (Å²) in [7, 11) is -3.73. The second kappa shape index (κ2) is 10.3. The fraction of sp³-hybridized carbons (Fsp3) is 0.435. The highest BCUT2D eigenvalue weighted by Crippen LogP contribution is 2.28. The van der Waals surface area contributed by atoms with Gasteiger partial charge in [0.05, 0.1) is 24.3 Å². The number of morpholine rings is 1. The molecule has 4 rings (SSSR count). The highest BCUT2D eigenvalue weighted by molar-refractivity contribution is 7.89. The molecule has 9 heteroatoms. The van der Waals surface area contributed by atoms with Crippen LogP contribution in [-0.4, -0.2) is 69.5 Å². The Kier molecular flexibility index (Phi) is 7.48. The highest BCUT2D eigenvalue weighted by Gasteiger charge is 2.30. The number of ether oxygens (including phenoxy) is 1. The van der Waals surface area contributed by atoms with Gasteiger partial charge in [-0.3, -0.25) is 9.69 Å². The first kappa shape index (κ1) is 23.2.